The lowest BCUT2D eigenvalue weighted by molar-refractivity contribution is 0.827. The average molecular weight is 509 g/mol. The molecule has 5 rings (SSSR count). The van der Waals surface area contributed by atoms with E-state index in [0.29, 0.717) is 33.7 Å². The maximum Gasteiger partial charge on any atom is 0.282 e. The molecule has 0 radical (unpaired) electrons. The number of hydrogen-bond acceptors (Lipinski definition) is 6. The average Bonchev–Trinajstić information content (AvgIpc) is 3.57. The standard InChI is InChI=1S/C24H21ClN6OS2/c1-15(27-11-10-17-12-26-14-28-17)22-20(13-33-18-8-6-16(25)7-9-18)30-31(23(22)32)24-29-19-4-2-3-5-21(19)34-24/h2-9,12,14,30H,10-11,13H2,1H3,(H,26,28). The van der Waals surface area contributed by atoms with Crippen molar-refractivity contribution in [2.24, 2.45) is 4.99 Å². The minimum Gasteiger partial charge on any atom is -0.348 e. The van der Waals surface area contributed by atoms with Crippen molar-refractivity contribution in [2.45, 2.75) is 24.0 Å². The van der Waals surface area contributed by atoms with Crippen molar-refractivity contribution < 1.29 is 0 Å². The van der Waals surface area contributed by atoms with Crippen LogP contribution in [0.4, 0.5) is 0 Å². The van der Waals surface area contributed by atoms with E-state index in [9.17, 15) is 4.79 Å². The number of thioether (sulfide) groups is 1. The van der Waals surface area contributed by atoms with Gasteiger partial charge >= 0.3 is 0 Å². The predicted molar refractivity (Wildman–Crippen MR) is 140 cm³/mol. The lowest BCUT2D eigenvalue weighted by Gasteiger charge is -2.04. The first-order chi connectivity index (χ1) is 16.6. The monoisotopic (exact) mass is 508 g/mol. The second-order valence-electron chi connectivity index (χ2n) is 7.61. The summed E-state index contributed by atoms with van der Waals surface area (Å²) >= 11 is 9.13. The Morgan fingerprint density at radius 1 is 1.21 bits per heavy atom. The zero-order chi connectivity index (χ0) is 23.5. The van der Waals surface area contributed by atoms with Gasteiger partial charge in [-0.1, -0.05) is 35.1 Å². The summed E-state index contributed by atoms with van der Waals surface area (Å²) in [5.41, 5.74) is 3.84. The Morgan fingerprint density at radius 2 is 2.03 bits per heavy atom. The molecule has 0 unspecified atom stereocenters. The molecule has 0 amide bonds. The molecule has 0 atom stereocenters. The van der Waals surface area contributed by atoms with Crippen molar-refractivity contribution in [3.05, 3.63) is 93.4 Å². The molecule has 2 aromatic carbocycles. The predicted octanol–water partition coefficient (Wildman–Crippen LogP) is 5.50. The molecule has 0 aliphatic rings. The van der Waals surface area contributed by atoms with Crippen molar-refractivity contribution in [3.63, 3.8) is 0 Å². The number of para-hydroxylation sites is 1. The van der Waals surface area contributed by atoms with Crippen LogP contribution in [0.3, 0.4) is 0 Å². The van der Waals surface area contributed by atoms with Gasteiger partial charge in [0, 0.05) is 46.2 Å². The molecule has 0 bridgehead atoms. The molecule has 0 aliphatic carbocycles. The van der Waals surface area contributed by atoms with E-state index in [4.69, 9.17) is 16.6 Å². The molecule has 10 heteroatoms. The summed E-state index contributed by atoms with van der Waals surface area (Å²) in [5.74, 6) is 0.581. The van der Waals surface area contributed by atoms with Gasteiger partial charge in [0.05, 0.1) is 27.8 Å². The molecule has 2 N–H and O–H groups in total. The number of aliphatic imine (C=N–C) groups is 1. The Bertz CT molecular complexity index is 1470. The normalized spacial score (nSPS) is 12.0. The first-order valence-electron chi connectivity index (χ1n) is 10.7. The number of H-pyrrole nitrogens is 2. The molecule has 3 aromatic heterocycles. The Morgan fingerprint density at radius 3 is 2.79 bits per heavy atom. The van der Waals surface area contributed by atoms with E-state index in [1.54, 1.807) is 24.3 Å². The fourth-order valence-electron chi connectivity index (χ4n) is 3.58. The topological polar surface area (TPSA) is 91.7 Å². The third kappa shape index (κ3) is 4.86. The number of nitrogens with zero attached hydrogens (tertiary/aromatic N) is 4. The molecule has 0 saturated heterocycles. The number of hydrogen-bond donors (Lipinski definition) is 2. The van der Waals surface area contributed by atoms with Crippen LogP contribution >= 0.6 is 34.7 Å². The molecular weight excluding hydrogens is 488 g/mol. The van der Waals surface area contributed by atoms with Gasteiger partial charge in [-0.3, -0.25) is 14.9 Å². The zero-order valence-electron chi connectivity index (χ0n) is 18.3. The van der Waals surface area contributed by atoms with Gasteiger partial charge in [-0.25, -0.2) is 9.97 Å². The van der Waals surface area contributed by atoms with Crippen molar-refractivity contribution in [2.75, 3.05) is 6.54 Å². The molecule has 0 saturated carbocycles. The van der Waals surface area contributed by atoms with Crippen LogP contribution in [0.5, 0.6) is 0 Å². The molecule has 0 spiro atoms. The number of rotatable bonds is 8. The van der Waals surface area contributed by atoms with Gasteiger partial charge in [0.1, 0.15) is 0 Å². The molecule has 3 heterocycles. The van der Waals surface area contributed by atoms with Crippen LogP contribution in [0, 0.1) is 0 Å². The molecule has 0 fully saturated rings. The summed E-state index contributed by atoms with van der Waals surface area (Å²) in [6.07, 6.45) is 4.17. The van der Waals surface area contributed by atoms with E-state index in [0.717, 1.165) is 32.9 Å². The Hall–Kier alpha value is -3.14. The highest BCUT2D eigenvalue weighted by molar-refractivity contribution is 7.98. The summed E-state index contributed by atoms with van der Waals surface area (Å²) in [5, 5.41) is 4.61. The van der Waals surface area contributed by atoms with E-state index in [-0.39, 0.29) is 5.56 Å². The van der Waals surface area contributed by atoms with Crippen LogP contribution in [-0.4, -0.2) is 37.0 Å². The van der Waals surface area contributed by atoms with Gasteiger partial charge in [-0.15, -0.1) is 11.8 Å². The number of thiazole rings is 1. The van der Waals surface area contributed by atoms with Crippen molar-refractivity contribution >= 4 is 50.6 Å². The molecule has 34 heavy (non-hydrogen) atoms. The second kappa shape index (κ2) is 10.0. The van der Waals surface area contributed by atoms with Crippen LogP contribution in [0.25, 0.3) is 15.3 Å². The highest BCUT2D eigenvalue weighted by atomic mass is 35.5. The fraction of sp³-hybridized carbons (Fsp3) is 0.167. The second-order valence-corrected chi connectivity index (χ2v) is 10.1. The Labute approximate surface area is 208 Å². The summed E-state index contributed by atoms with van der Waals surface area (Å²) in [6.45, 7) is 2.44. The van der Waals surface area contributed by atoms with Gasteiger partial charge in [0.25, 0.3) is 5.56 Å². The zero-order valence-corrected chi connectivity index (χ0v) is 20.7. The van der Waals surface area contributed by atoms with Crippen LogP contribution in [0.1, 0.15) is 23.9 Å². The van der Waals surface area contributed by atoms with Gasteiger partial charge < -0.3 is 4.98 Å². The molecule has 7 nitrogen and oxygen atoms in total. The van der Waals surface area contributed by atoms with Crippen molar-refractivity contribution in [3.8, 4) is 5.13 Å². The smallest absolute Gasteiger partial charge is 0.282 e. The van der Waals surface area contributed by atoms with Gasteiger partial charge in [-0.2, -0.15) is 4.68 Å². The number of halogens is 1. The number of nitrogens with one attached hydrogen (secondary N) is 2. The lowest BCUT2D eigenvalue weighted by atomic mass is 10.2. The van der Waals surface area contributed by atoms with Crippen LogP contribution in [0.2, 0.25) is 5.02 Å². The molecule has 0 aliphatic heterocycles. The molecule has 5 aromatic rings. The minimum absolute atomic E-state index is 0.145. The number of fused-ring (bicyclic) bond motifs is 1. The highest BCUT2D eigenvalue weighted by Crippen LogP contribution is 2.27. The highest BCUT2D eigenvalue weighted by Gasteiger charge is 2.20. The number of aromatic amines is 2. The molecule has 172 valence electrons. The van der Waals surface area contributed by atoms with Crippen molar-refractivity contribution in [1.29, 1.82) is 0 Å². The SMILES string of the molecule is CC(=NCCc1cnc[nH]1)c1c(CSc2ccc(Cl)cc2)[nH]n(-c2nc3ccccc3s2)c1=O. The first kappa shape index (κ1) is 22.6. The largest absolute Gasteiger partial charge is 0.348 e. The van der Waals surface area contributed by atoms with E-state index < -0.39 is 0 Å². The van der Waals surface area contributed by atoms with E-state index >= 15 is 0 Å². The van der Waals surface area contributed by atoms with Crippen LogP contribution < -0.4 is 5.56 Å². The number of aromatic nitrogens is 5. The maximum atomic E-state index is 13.5. The van der Waals surface area contributed by atoms with E-state index in [1.165, 1.54) is 16.0 Å². The van der Waals surface area contributed by atoms with Gasteiger partial charge in [-0.05, 0) is 43.3 Å². The summed E-state index contributed by atoms with van der Waals surface area (Å²) in [7, 11) is 0. The Kier molecular flexibility index (Phi) is 6.66. The lowest BCUT2D eigenvalue weighted by Crippen LogP contribution is -2.20. The first-order valence-corrected chi connectivity index (χ1v) is 12.8. The van der Waals surface area contributed by atoms with Crippen LogP contribution in [-0.2, 0) is 12.2 Å². The number of imidazole rings is 1. The van der Waals surface area contributed by atoms with Gasteiger partial charge in [0.15, 0.2) is 0 Å². The molecular formula is C24H21ClN6OS2. The minimum atomic E-state index is -0.145. The van der Waals surface area contributed by atoms with Gasteiger partial charge in [0.2, 0.25) is 5.13 Å². The quantitative estimate of drug-likeness (QED) is 0.214. The third-order valence-corrected chi connectivity index (χ3v) is 7.60. The Balaban J connectivity index is 1.48. The summed E-state index contributed by atoms with van der Waals surface area (Å²) < 4.78 is 2.56. The summed E-state index contributed by atoms with van der Waals surface area (Å²) in [4.78, 5) is 31.1. The maximum absolute atomic E-state index is 13.5. The van der Waals surface area contributed by atoms with E-state index in [2.05, 4.69) is 20.1 Å². The number of benzene rings is 2. The van der Waals surface area contributed by atoms with E-state index in [1.807, 2.05) is 55.5 Å². The third-order valence-electron chi connectivity index (χ3n) is 5.28. The van der Waals surface area contributed by atoms with Crippen LogP contribution in [0.15, 0.2) is 75.7 Å². The van der Waals surface area contributed by atoms with Crippen molar-refractivity contribution in [1.82, 2.24) is 24.7 Å². The summed E-state index contributed by atoms with van der Waals surface area (Å²) in [6, 6.07) is 15.5. The fourth-order valence-corrected chi connectivity index (χ4v) is 5.48.